The zero-order chi connectivity index (χ0) is 15.4. The summed E-state index contributed by atoms with van der Waals surface area (Å²) in [6.07, 6.45) is 3.63. The fourth-order valence-corrected chi connectivity index (χ4v) is 2.76. The van der Waals surface area contributed by atoms with Crippen molar-refractivity contribution >= 4 is 17.5 Å². The zero-order valence-electron chi connectivity index (χ0n) is 12.3. The minimum atomic E-state index is 0.0835. The Morgan fingerprint density at radius 2 is 1.64 bits per heavy atom. The van der Waals surface area contributed by atoms with Crippen molar-refractivity contribution in [2.75, 3.05) is 26.2 Å². The van der Waals surface area contributed by atoms with Gasteiger partial charge in [-0.1, -0.05) is 11.6 Å². The third-order valence-corrected chi connectivity index (χ3v) is 4.16. The van der Waals surface area contributed by atoms with Crippen molar-refractivity contribution in [3.63, 3.8) is 0 Å². The van der Waals surface area contributed by atoms with Crippen LogP contribution in [0.3, 0.4) is 0 Å². The van der Waals surface area contributed by atoms with Gasteiger partial charge in [0.05, 0.1) is 0 Å². The Labute approximate surface area is 135 Å². The van der Waals surface area contributed by atoms with Crippen LogP contribution in [0.15, 0.2) is 48.8 Å². The molecule has 0 aliphatic carbocycles. The summed E-state index contributed by atoms with van der Waals surface area (Å²) in [7, 11) is 0. The largest absolute Gasteiger partial charge is 0.336 e. The number of carbonyl (C=O) groups is 1. The van der Waals surface area contributed by atoms with Crippen LogP contribution >= 0.6 is 11.6 Å². The van der Waals surface area contributed by atoms with Crippen LogP contribution < -0.4 is 0 Å². The number of aromatic nitrogens is 1. The Kier molecular flexibility index (Phi) is 4.71. The molecule has 1 aliphatic rings. The SMILES string of the molecule is O=C(c1ccc(Cl)cc1)N1CCN(Cc2ccncc2)CC1. The molecule has 1 fully saturated rings. The molecule has 0 saturated carbocycles. The van der Waals surface area contributed by atoms with Gasteiger partial charge in [-0.2, -0.15) is 0 Å². The van der Waals surface area contributed by atoms with E-state index in [0.717, 1.165) is 32.7 Å². The normalized spacial score (nSPS) is 15.8. The summed E-state index contributed by atoms with van der Waals surface area (Å²) < 4.78 is 0. The number of piperazine rings is 1. The second-order valence-electron chi connectivity index (χ2n) is 5.43. The maximum atomic E-state index is 12.4. The Balaban J connectivity index is 1.55. The smallest absolute Gasteiger partial charge is 0.253 e. The lowest BCUT2D eigenvalue weighted by Gasteiger charge is -2.34. The molecule has 1 aliphatic heterocycles. The lowest BCUT2D eigenvalue weighted by Crippen LogP contribution is -2.48. The Hall–Kier alpha value is -1.91. The lowest BCUT2D eigenvalue weighted by molar-refractivity contribution is 0.0628. The summed E-state index contributed by atoms with van der Waals surface area (Å²) in [6, 6.07) is 11.2. The average Bonchev–Trinajstić information content (AvgIpc) is 2.57. The van der Waals surface area contributed by atoms with Gasteiger partial charge in [0.2, 0.25) is 0 Å². The van der Waals surface area contributed by atoms with Crippen LogP contribution in [0.4, 0.5) is 0 Å². The first-order valence-corrected chi connectivity index (χ1v) is 7.76. The topological polar surface area (TPSA) is 36.4 Å². The number of rotatable bonds is 3. The van der Waals surface area contributed by atoms with Crippen LogP contribution in [-0.2, 0) is 6.54 Å². The summed E-state index contributed by atoms with van der Waals surface area (Å²) >= 11 is 5.86. The Morgan fingerprint density at radius 3 is 2.27 bits per heavy atom. The Morgan fingerprint density at radius 1 is 1.00 bits per heavy atom. The monoisotopic (exact) mass is 315 g/mol. The molecule has 1 aromatic heterocycles. The van der Waals surface area contributed by atoms with Crippen molar-refractivity contribution < 1.29 is 4.79 Å². The van der Waals surface area contributed by atoms with E-state index in [0.29, 0.717) is 10.6 Å². The number of halogens is 1. The highest BCUT2D eigenvalue weighted by atomic mass is 35.5. The molecule has 1 saturated heterocycles. The van der Waals surface area contributed by atoms with Crippen LogP contribution in [0.1, 0.15) is 15.9 Å². The van der Waals surface area contributed by atoms with Gasteiger partial charge in [-0.3, -0.25) is 14.7 Å². The van der Waals surface area contributed by atoms with E-state index < -0.39 is 0 Å². The van der Waals surface area contributed by atoms with Crippen LogP contribution in [-0.4, -0.2) is 46.9 Å². The molecule has 0 radical (unpaired) electrons. The fraction of sp³-hybridized carbons (Fsp3) is 0.294. The van der Waals surface area contributed by atoms with E-state index in [-0.39, 0.29) is 5.91 Å². The zero-order valence-corrected chi connectivity index (χ0v) is 13.0. The van der Waals surface area contributed by atoms with Crippen LogP contribution in [0.25, 0.3) is 0 Å². The maximum Gasteiger partial charge on any atom is 0.253 e. The first kappa shape index (κ1) is 15.0. The van der Waals surface area contributed by atoms with Crippen molar-refractivity contribution in [1.29, 1.82) is 0 Å². The molecule has 0 N–H and O–H groups in total. The quantitative estimate of drug-likeness (QED) is 0.874. The highest BCUT2D eigenvalue weighted by Crippen LogP contribution is 2.14. The van der Waals surface area contributed by atoms with E-state index >= 15 is 0 Å². The number of hydrogen-bond donors (Lipinski definition) is 0. The Bertz CT molecular complexity index is 622. The van der Waals surface area contributed by atoms with Gasteiger partial charge in [0, 0.05) is 55.7 Å². The van der Waals surface area contributed by atoms with Crippen LogP contribution in [0, 0.1) is 0 Å². The van der Waals surface area contributed by atoms with Crippen LogP contribution in [0.5, 0.6) is 0 Å². The number of nitrogens with zero attached hydrogens (tertiary/aromatic N) is 3. The predicted molar refractivity (Wildman–Crippen MR) is 86.9 cm³/mol. The summed E-state index contributed by atoms with van der Waals surface area (Å²) in [6.45, 7) is 4.20. The molecule has 4 nitrogen and oxygen atoms in total. The van der Waals surface area contributed by atoms with E-state index in [9.17, 15) is 4.79 Å². The summed E-state index contributed by atoms with van der Waals surface area (Å²) in [4.78, 5) is 20.7. The highest BCUT2D eigenvalue weighted by molar-refractivity contribution is 6.30. The maximum absolute atomic E-state index is 12.4. The number of pyridine rings is 1. The number of benzene rings is 1. The molecular weight excluding hydrogens is 298 g/mol. The third-order valence-electron chi connectivity index (χ3n) is 3.91. The molecule has 2 aromatic rings. The first-order chi connectivity index (χ1) is 10.7. The summed E-state index contributed by atoms with van der Waals surface area (Å²) in [5.74, 6) is 0.0835. The summed E-state index contributed by atoms with van der Waals surface area (Å²) in [5.41, 5.74) is 1.96. The van der Waals surface area contributed by atoms with Crippen molar-refractivity contribution in [3.05, 3.63) is 64.9 Å². The van der Waals surface area contributed by atoms with Gasteiger partial charge in [-0.15, -0.1) is 0 Å². The predicted octanol–water partition coefficient (Wildman–Crippen LogP) is 2.69. The van der Waals surface area contributed by atoms with Gasteiger partial charge in [0.1, 0.15) is 0 Å². The molecule has 0 bridgehead atoms. The van der Waals surface area contributed by atoms with Gasteiger partial charge >= 0.3 is 0 Å². The van der Waals surface area contributed by atoms with E-state index in [4.69, 9.17) is 11.6 Å². The van der Waals surface area contributed by atoms with E-state index in [1.54, 1.807) is 24.3 Å². The summed E-state index contributed by atoms with van der Waals surface area (Å²) in [5, 5.41) is 0.652. The molecular formula is C17H18ClN3O. The fourth-order valence-electron chi connectivity index (χ4n) is 2.63. The van der Waals surface area contributed by atoms with Crippen molar-refractivity contribution in [1.82, 2.24) is 14.8 Å². The first-order valence-electron chi connectivity index (χ1n) is 7.38. The van der Waals surface area contributed by atoms with Gasteiger partial charge in [0.25, 0.3) is 5.91 Å². The molecule has 0 atom stereocenters. The molecule has 1 amide bonds. The molecule has 5 heteroatoms. The molecule has 22 heavy (non-hydrogen) atoms. The van der Waals surface area contributed by atoms with Crippen molar-refractivity contribution in [2.24, 2.45) is 0 Å². The third kappa shape index (κ3) is 3.64. The average molecular weight is 316 g/mol. The standard InChI is InChI=1S/C17H18ClN3O/c18-16-3-1-15(2-4-16)17(22)21-11-9-20(10-12-21)13-14-5-7-19-8-6-14/h1-8H,9-13H2. The van der Waals surface area contributed by atoms with E-state index in [1.807, 2.05) is 29.4 Å². The van der Waals surface area contributed by atoms with Gasteiger partial charge in [-0.05, 0) is 42.0 Å². The molecule has 2 heterocycles. The highest BCUT2D eigenvalue weighted by Gasteiger charge is 2.22. The van der Waals surface area contributed by atoms with Gasteiger partial charge in [0.15, 0.2) is 0 Å². The number of hydrogen-bond acceptors (Lipinski definition) is 3. The van der Waals surface area contributed by atoms with Crippen molar-refractivity contribution in [3.8, 4) is 0 Å². The van der Waals surface area contributed by atoms with Gasteiger partial charge < -0.3 is 4.90 Å². The molecule has 0 spiro atoms. The number of carbonyl (C=O) groups excluding carboxylic acids is 1. The van der Waals surface area contributed by atoms with Gasteiger partial charge in [-0.25, -0.2) is 0 Å². The minimum absolute atomic E-state index is 0.0835. The van der Waals surface area contributed by atoms with E-state index in [2.05, 4.69) is 9.88 Å². The second kappa shape index (κ2) is 6.90. The lowest BCUT2D eigenvalue weighted by atomic mass is 10.1. The molecule has 1 aromatic carbocycles. The minimum Gasteiger partial charge on any atom is -0.336 e. The van der Waals surface area contributed by atoms with E-state index in [1.165, 1.54) is 5.56 Å². The molecule has 0 unspecified atom stereocenters. The number of amides is 1. The van der Waals surface area contributed by atoms with Crippen LogP contribution in [0.2, 0.25) is 5.02 Å². The molecule has 3 rings (SSSR count). The molecule has 114 valence electrons. The second-order valence-corrected chi connectivity index (χ2v) is 5.87. The van der Waals surface area contributed by atoms with Crippen molar-refractivity contribution in [2.45, 2.75) is 6.54 Å².